The third-order valence-electron chi connectivity index (χ3n) is 2.79. The van der Waals surface area contributed by atoms with Gasteiger partial charge in [-0.1, -0.05) is 6.07 Å². The molecule has 21 heavy (non-hydrogen) atoms. The molecule has 1 atom stereocenters. The van der Waals surface area contributed by atoms with E-state index < -0.39 is 13.4 Å². The monoisotopic (exact) mass is 317 g/mol. The molecule has 1 aromatic rings. The molecule has 0 aromatic heterocycles. The SMILES string of the molecule is CCOc1ccc([C@H](N)P(=O)(OCC)OCC)cc1OC. The van der Waals surface area contributed by atoms with E-state index >= 15 is 0 Å². The van der Waals surface area contributed by atoms with Crippen LogP contribution in [0.2, 0.25) is 0 Å². The molecule has 1 rings (SSSR count). The van der Waals surface area contributed by atoms with Gasteiger partial charge in [0.25, 0.3) is 0 Å². The minimum Gasteiger partial charge on any atom is -0.493 e. The summed E-state index contributed by atoms with van der Waals surface area (Å²) in [4.78, 5) is 0. The first-order valence-corrected chi connectivity index (χ1v) is 8.58. The van der Waals surface area contributed by atoms with Crippen LogP contribution in [0.5, 0.6) is 11.5 Å². The summed E-state index contributed by atoms with van der Waals surface area (Å²) in [5.41, 5.74) is 6.70. The van der Waals surface area contributed by atoms with E-state index in [1.165, 1.54) is 7.11 Å². The molecule has 0 aliphatic heterocycles. The standard InChI is InChI=1S/C14H24NO5P/c1-5-18-12-9-8-11(10-13(12)17-4)14(15)21(16,19-6-2)20-7-3/h8-10,14H,5-7,15H2,1-4H3/t14-/m1/s1. The van der Waals surface area contributed by atoms with Crippen molar-refractivity contribution >= 4 is 7.60 Å². The maximum atomic E-state index is 12.7. The van der Waals surface area contributed by atoms with Gasteiger partial charge in [0.15, 0.2) is 11.5 Å². The van der Waals surface area contributed by atoms with E-state index in [0.717, 1.165) is 0 Å². The van der Waals surface area contributed by atoms with Crippen LogP contribution >= 0.6 is 7.60 Å². The fourth-order valence-corrected chi connectivity index (χ4v) is 3.52. The topological polar surface area (TPSA) is 80.0 Å². The number of rotatable bonds is 9. The van der Waals surface area contributed by atoms with E-state index in [4.69, 9.17) is 24.3 Å². The van der Waals surface area contributed by atoms with Crippen LogP contribution in [0.3, 0.4) is 0 Å². The molecular weight excluding hydrogens is 293 g/mol. The van der Waals surface area contributed by atoms with E-state index in [-0.39, 0.29) is 13.2 Å². The summed E-state index contributed by atoms with van der Waals surface area (Å²) in [6.07, 6.45) is 0. The number of benzene rings is 1. The molecule has 1 aromatic carbocycles. The Morgan fingerprint density at radius 2 is 1.71 bits per heavy atom. The van der Waals surface area contributed by atoms with E-state index in [1.54, 1.807) is 32.0 Å². The first kappa shape index (κ1) is 18.0. The van der Waals surface area contributed by atoms with E-state index in [2.05, 4.69) is 0 Å². The second kappa shape index (κ2) is 8.39. The first-order chi connectivity index (χ1) is 10.0. The number of methoxy groups -OCH3 is 1. The Kier molecular flexibility index (Phi) is 7.18. The van der Waals surface area contributed by atoms with Crippen molar-refractivity contribution in [3.8, 4) is 11.5 Å². The highest BCUT2D eigenvalue weighted by molar-refractivity contribution is 7.54. The fraction of sp³-hybridized carbons (Fsp3) is 0.571. The highest BCUT2D eigenvalue weighted by Gasteiger charge is 2.34. The lowest BCUT2D eigenvalue weighted by Gasteiger charge is -2.24. The van der Waals surface area contributed by atoms with E-state index in [9.17, 15) is 4.57 Å². The highest BCUT2D eigenvalue weighted by Crippen LogP contribution is 2.58. The van der Waals surface area contributed by atoms with Crippen molar-refractivity contribution in [3.05, 3.63) is 23.8 Å². The zero-order valence-electron chi connectivity index (χ0n) is 13.0. The maximum Gasteiger partial charge on any atom is 0.351 e. The Hall–Kier alpha value is -1.07. The van der Waals surface area contributed by atoms with E-state index in [1.807, 2.05) is 6.92 Å². The molecule has 0 bridgehead atoms. The molecule has 0 saturated carbocycles. The molecule has 0 unspecified atom stereocenters. The third kappa shape index (κ3) is 4.45. The summed E-state index contributed by atoms with van der Waals surface area (Å²) in [6.45, 7) is 6.43. The van der Waals surface area contributed by atoms with Gasteiger partial charge in [0.1, 0.15) is 5.78 Å². The second-order valence-electron chi connectivity index (χ2n) is 4.16. The van der Waals surface area contributed by atoms with Crippen molar-refractivity contribution in [3.63, 3.8) is 0 Å². The molecule has 0 aliphatic carbocycles. The molecule has 0 amide bonds. The van der Waals surface area contributed by atoms with Crippen LogP contribution in [0.15, 0.2) is 18.2 Å². The van der Waals surface area contributed by atoms with Gasteiger partial charge in [-0.25, -0.2) is 0 Å². The fourth-order valence-electron chi connectivity index (χ4n) is 1.88. The summed E-state index contributed by atoms with van der Waals surface area (Å²) in [5.74, 6) is 0.268. The highest BCUT2D eigenvalue weighted by atomic mass is 31.2. The van der Waals surface area contributed by atoms with Gasteiger partial charge in [0.2, 0.25) is 0 Å². The van der Waals surface area contributed by atoms with Gasteiger partial charge in [-0.2, -0.15) is 0 Å². The zero-order chi connectivity index (χ0) is 15.9. The number of ether oxygens (including phenoxy) is 2. The molecule has 6 nitrogen and oxygen atoms in total. The van der Waals surface area contributed by atoms with Gasteiger partial charge in [0, 0.05) is 0 Å². The lowest BCUT2D eigenvalue weighted by atomic mass is 10.2. The molecule has 7 heteroatoms. The quantitative estimate of drug-likeness (QED) is 0.704. The maximum absolute atomic E-state index is 12.7. The van der Waals surface area contributed by atoms with Crippen LogP contribution in [0.1, 0.15) is 32.1 Å². The normalized spacial score (nSPS) is 13.0. The van der Waals surface area contributed by atoms with Gasteiger partial charge >= 0.3 is 7.60 Å². The predicted octanol–water partition coefficient (Wildman–Crippen LogP) is 3.32. The number of nitrogens with two attached hydrogens (primary N) is 1. The van der Waals surface area contributed by atoms with Crippen LogP contribution in [-0.2, 0) is 13.6 Å². The summed E-state index contributed by atoms with van der Waals surface area (Å²) in [5, 5.41) is 0. The molecule has 0 spiro atoms. The lowest BCUT2D eigenvalue weighted by molar-refractivity contribution is 0.212. The molecule has 0 radical (unpaired) electrons. The Balaban J connectivity index is 3.10. The summed E-state index contributed by atoms with van der Waals surface area (Å²) in [6, 6.07) is 5.17. The van der Waals surface area contributed by atoms with Gasteiger partial charge in [-0.3, -0.25) is 4.57 Å². The zero-order valence-corrected chi connectivity index (χ0v) is 13.9. The van der Waals surface area contributed by atoms with Crippen molar-refractivity contribution in [2.45, 2.75) is 26.6 Å². The molecule has 0 aliphatic rings. The molecule has 0 fully saturated rings. The predicted molar refractivity (Wildman–Crippen MR) is 81.9 cm³/mol. The first-order valence-electron chi connectivity index (χ1n) is 6.97. The molecule has 120 valence electrons. The Morgan fingerprint density at radius 1 is 1.10 bits per heavy atom. The van der Waals surface area contributed by atoms with Gasteiger partial charge in [-0.05, 0) is 38.5 Å². The Labute approximate surface area is 126 Å². The average Bonchev–Trinajstić information content (AvgIpc) is 2.47. The lowest BCUT2D eigenvalue weighted by Crippen LogP contribution is -2.15. The van der Waals surface area contributed by atoms with Crippen LogP contribution in [-0.4, -0.2) is 26.9 Å². The number of hydrogen-bond donors (Lipinski definition) is 1. The Bertz CT molecular complexity index is 484. The van der Waals surface area contributed by atoms with Gasteiger partial charge in [-0.15, -0.1) is 0 Å². The summed E-state index contributed by atoms with van der Waals surface area (Å²) >= 11 is 0. The minimum absolute atomic E-state index is 0.263. The van der Waals surface area contributed by atoms with Crippen molar-refractivity contribution in [2.75, 3.05) is 26.9 Å². The van der Waals surface area contributed by atoms with Gasteiger partial charge in [0.05, 0.1) is 26.9 Å². The van der Waals surface area contributed by atoms with Crippen molar-refractivity contribution in [1.82, 2.24) is 0 Å². The molecular formula is C14H24NO5P. The van der Waals surface area contributed by atoms with Crippen LogP contribution in [0, 0.1) is 0 Å². The number of hydrogen-bond acceptors (Lipinski definition) is 6. The minimum atomic E-state index is -3.41. The largest absolute Gasteiger partial charge is 0.493 e. The van der Waals surface area contributed by atoms with Crippen LogP contribution < -0.4 is 15.2 Å². The van der Waals surface area contributed by atoms with Crippen LogP contribution in [0.4, 0.5) is 0 Å². The molecule has 0 saturated heterocycles. The third-order valence-corrected chi connectivity index (χ3v) is 5.00. The summed E-state index contributed by atoms with van der Waals surface area (Å²) < 4.78 is 33.9. The van der Waals surface area contributed by atoms with Crippen LogP contribution in [0.25, 0.3) is 0 Å². The van der Waals surface area contributed by atoms with Gasteiger partial charge < -0.3 is 24.3 Å². The van der Waals surface area contributed by atoms with E-state index in [0.29, 0.717) is 23.7 Å². The average molecular weight is 317 g/mol. The molecule has 0 heterocycles. The van der Waals surface area contributed by atoms with Crippen molar-refractivity contribution in [1.29, 1.82) is 0 Å². The van der Waals surface area contributed by atoms with Crippen molar-refractivity contribution in [2.24, 2.45) is 5.73 Å². The summed E-state index contributed by atoms with van der Waals surface area (Å²) in [7, 11) is -1.87. The van der Waals surface area contributed by atoms with Crippen molar-refractivity contribution < 1.29 is 23.1 Å². The Morgan fingerprint density at radius 3 is 2.19 bits per heavy atom. The smallest absolute Gasteiger partial charge is 0.351 e. The molecule has 2 N–H and O–H groups in total. The second-order valence-corrected chi connectivity index (χ2v) is 6.32.